The van der Waals surface area contributed by atoms with Crippen LogP contribution in [0.4, 0.5) is 70.2 Å². The third-order valence-electron chi connectivity index (χ3n) is 21.1. The number of hydrogen-bond donors (Lipinski definition) is 8. The number of aromatic nitrogens is 4. The molecule has 132 heavy (non-hydrogen) atoms. The highest BCUT2D eigenvalue weighted by Crippen LogP contribution is 2.39. The Bertz CT molecular complexity index is 4570. The van der Waals surface area contributed by atoms with E-state index in [0.29, 0.717) is 0 Å². The highest BCUT2D eigenvalue weighted by Gasteiger charge is 2.37. The quantitative estimate of drug-likeness (QED) is 0.0374. The summed E-state index contributed by atoms with van der Waals surface area (Å²) >= 11 is 0. The number of hydrogen-bond acceptors (Lipinski definition) is 24. The molecule has 4 unspecified atom stereocenters. The standard InChI is InChI=1S/C88H100F16N8O20/c89-73-49(41-105-61-45-125-29-25-117-13-9-113-17-21-121-33-37-129-61)74(90)82(98)69(81(73)97)65-53-1-2-54(109-53)66(70-83(99)75(91)50(76(92)84(70)100)42-106-62-46-126-30-26-118-14-10-114-18-22-122-34-38-130-62)56-5-6-58(111-56)68(72-87(103)79(95)52(80(96)88(72)104)44-108-64-48-128-32-28-120-16-12-116-20-24-124-36-40-132-64)60-8-7-59(112-60)67(57-4-3-55(65)110-57)71-85(101)77(93)51(78(94)86(71)102)43-107-63-47-127-31-27-119-15-11-115-19-23-123-35-39-131-63/h1-8,61-64,105-112H,9-48H2. The maximum Gasteiger partial charge on any atom is 0.170 e. The molecular weight excluding hydrogens is 1790 g/mol. The van der Waals surface area contributed by atoms with Gasteiger partial charge in [0.15, 0.2) is 93.1 Å². The fourth-order valence-electron chi connectivity index (χ4n) is 14.5. The van der Waals surface area contributed by atoms with Crippen LogP contribution in [0.3, 0.4) is 0 Å². The Morgan fingerprint density at radius 3 is 0.508 bits per heavy atom. The minimum Gasteiger partial charge on any atom is -0.377 e. The first kappa shape index (κ1) is 101. The second-order valence-electron chi connectivity index (χ2n) is 29.7. The summed E-state index contributed by atoms with van der Waals surface area (Å²) in [5.74, 6) is -34.0. The van der Waals surface area contributed by atoms with E-state index >= 15 is 70.2 Å². The molecular formula is C88H100F16N8O20. The maximum atomic E-state index is 18.0. The molecule has 4 fully saturated rings. The van der Waals surface area contributed by atoms with E-state index in [9.17, 15) is 0 Å². The number of halogens is 16. The van der Waals surface area contributed by atoms with E-state index < -0.39 is 255 Å². The summed E-state index contributed by atoms with van der Waals surface area (Å²) in [6.45, 7) is -3.01. The number of benzene rings is 4. The first-order valence-electron chi connectivity index (χ1n) is 42.6. The van der Waals surface area contributed by atoms with Crippen LogP contribution in [0.25, 0.3) is 22.3 Å². The normalized spacial score (nSPS) is 20.7. The van der Waals surface area contributed by atoms with Crippen molar-refractivity contribution in [2.45, 2.75) is 51.1 Å². The van der Waals surface area contributed by atoms with Crippen LogP contribution in [0.15, 0.2) is 48.5 Å². The molecule has 4 aromatic carbocycles. The van der Waals surface area contributed by atoms with Gasteiger partial charge < -0.3 is 115 Å². The van der Waals surface area contributed by atoms with Gasteiger partial charge in [-0.1, -0.05) is 0 Å². The molecule has 28 nitrogen and oxygen atoms in total. The molecule has 724 valence electrons. The molecule has 0 spiro atoms. The van der Waals surface area contributed by atoms with Crippen LogP contribution in [0.2, 0.25) is 0 Å². The summed E-state index contributed by atoms with van der Waals surface area (Å²) in [5.41, 5.74) is -18.7. The lowest BCUT2D eigenvalue weighted by molar-refractivity contribution is -0.0600. The van der Waals surface area contributed by atoms with E-state index in [-0.39, 0.29) is 238 Å². The van der Waals surface area contributed by atoms with Crippen LogP contribution in [-0.4, -0.2) is 283 Å². The van der Waals surface area contributed by atoms with Crippen LogP contribution in [0.1, 0.15) is 67.3 Å². The summed E-state index contributed by atoms with van der Waals surface area (Å²) in [5, 5.41) is 7.64. The molecule has 4 aromatic heterocycles. The third-order valence-corrected chi connectivity index (χ3v) is 21.1. The molecule has 4 atom stereocenters. The Balaban J connectivity index is 1.00. The Hall–Kier alpha value is -8.60. The van der Waals surface area contributed by atoms with Gasteiger partial charge in [-0.25, -0.2) is 70.2 Å². The minimum atomic E-state index is -2.18. The lowest BCUT2D eigenvalue weighted by Gasteiger charge is -2.21. The zero-order valence-electron chi connectivity index (χ0n) is 71.4. The SMILES string of the molecule is Fc1c(F)c(C2=c3ccc([nH]3)=C(c3c(F)c(F)c(CNC4COCCOCCOCCOCCO4)c(F)c3F)c3ccc([nH]3)C(c3c(F)c(F)c(CNC4COCCOCCOCCOCCO4)c(F)c3F)=c3ccc([nH]3)=C(c3c(F)c(F)c(CNC4COCCOCCOCCOCCO4)c(F)c3F)c3ccc2[nH]3)c(F)c(F)c1CNC1COCCOCCOCCOCCO1. The Morgan fingerprint density at radius 2 is 0.341 bits per heavy atom. The van der Waals surface area contributed by atoms with Crippen LogP contribution >= 0.6 is 0 Å². The molecule has 0 aliphatic carbocycles. The fourth-order valence-corrected chi connectivity index (χ4v) is 14.5. The van der Waals surface area contributed by atoms with Crippen LogP contribution in [0, 0.1) is 93.1 Å². The first-order chi connectivity index (χ1) is 64.3. The van der Waals surface area contributed by atoms with Gasteiger partial charge in [0.1, 0.15) is 24.9 Å². The van der Waals surface area contributed by atoms with Gasteiger partial charge in [0.25, 0.3) is 0 Å². The highest BCUT2D eigenvalue weighted by atomic mass is 19.2. The van der Waals surface area contributed by atoms with Crippen molar-refractivity contribution in [3.8, 4) is 0 Å². The third kappa shape index (κ3) is 26.2. The number of fused-ring (bicyclic) bond motifs is 8. The van der Waals surface area contributed by atoms with Gasteiger partial charge in [0.05, 0.1) is 260 Å². The lowest BCUT2D eigenvalue weighted by Crippen LogP contribution is -2.37. The minimum absolute atomic E-state index is 0.0293. The molecule has 44 heteroatoms. The van der Waals surface area contributed by atoms with Crippen LogP contribution in [0.5, 0.6) is 0 Å². The van der Waals surface area contributed by atoms with Gasteiger partial charge in [-0.15, -0.1) is 0 Å². The van der Waals surface area contributed by atoms with E-state index in [0.717, 1.165) is 48.5 Å². The summed E-state index contributed by atoms with van der Waals surface area (Å²) in [4.78, 5) is 10.7. The molecule has 0 radical (unpaired) electrons. The van der Waals surface area contributed by atoms with Gasteiger partial charge in [0.2, 0.25) is 0 Å². The van der Waals surface area contributed by atoms with Gasteiger partial charge in [-0.3, -0.25) is 21.3 Å². The Morgan fingerprint density at radius 1 is 0.189 bits per heavy atom. The van der Waals surface area contributed by atoms with Crippen molar-refractivity contribution in [2.24, 2.45) is 0 Å². The summed E-state index contributed by atoms with van der Waals surface area (Å²) < 4.78 is 395. The van der Waals surface area contributed by atoms with E-state index in [1.54, 1.807) is 0 Å². The van der Waals surface area contributed by atoms with Crippen molar-refractivity contribution in [3.05, 3.63) is 230 Å². The molecule has 8 aromatic rings. The zero-order chi connectivity index (χ0) is 92.8. The van der Waals surface area contributed by atoms with Gasteiger partial charge >= 0.3 is 0 Å². The second kappa shape index (κ2) is 51.4. The second-order valence-corrected chi connectivity index (χ2v) is 29.7. The van der Waals surface area contributed by atoms with Crippen molar-refractivity contribution in [1.82, 2.24) is 41.2 Å². The van der Waals surface area contributed by atoms with Crippen molar-refractivity contribution in [1.29, 1.82) is 0 Å². The molecule has 9 heterocycles. The average Bonchev–Trinajstić information content (AvgIpc) is 1.54. The number of nitrogens with one attached hydrogen (secondary N) is 8. The predicted octanol–water partition coefficient (Wildman–Crippen LogP) is 6.58. The predicted molar refractivity (Wildman–Crippen MR) is 433 cm³/mol. The number of rotatable bonds is 16. The number of H-pyrrole nitrogens is 4. The highest BCUT2D eigenvalue weighted by molar-refractivity contribution is 5.86. The van der Waals surface area contributed by atoms with E-state index in [1.165, 1.54) is 0 Å². The van der Waals surface area contributed by atoms with Gasteiger partial charge in [-0.2, -0.15) is 0 Å². The molecule has 5 aliphatic rings. The smallest absolute Gasteiger partial charge is 0.170 e. The molecule has 0 amide bonds. The summed E-state index contributed by atoms with van der Waals surface area (Å²) in [7, 11) is 0. The summed E-state index contributed by atoms with van der Waals surface area (Å²) in [6, 6.07) is 7.00. The van der Waals surface area contributed by atoms with E-state index in [1.807, 2.05) is 0 Å². The Kier molecular flexibility index (Phi) is 39.2. The van der Waals surface area contributed by atoms with Crippen LogP contribution < -0.4 is 42.7 Å². The zero-order valence-corrected chi connectivity index (χ0v) is 71.4. The Labute approximate surface area is 745 Å². The fraction of sp³-hybridized carbons (Fsp3) is 0.500. The largest absolute Gasteiger partial charge is 0.377 e. The molecule has 13 rings (SSSR count). The number of aromatic amines is 4. The molecule has 8 bridgehead atoms. The van der Waals surface area contributed by atoms with Crippen LogP contribution in [-0.2, 0) is 121 Å². The molecule has 8 N–H and O–H groups in total. The van der Waals surface area contributed by atoms with Crippen molar-refractivity contribution in [3.63, 3.8) is 0 Å². The van der Waals surface area contributed by atoms with Crippen molar-refractivity contribution in [2.75, 3.05) is 238 Å². The van der Waals surface area contributed by atoms with E-state index in [4.69, 9.17) is 94.7 Å². The monoisotopic (exact) mass is 1890 g/mol. The molecule has 0 saturated carbocycles. The summed E-state index contributed by atoms with van der Waals surface area (Å²) in [6.07, 6.45) is -5.03. The molecule has 5 aliphatic heterocycles. The lowest BCUT2D eigenvalue weighted by atomic mass is 9.98. The van der Waals surface area contributed by atoms with Gasteiger partial charge in [-0.05, 0) is 48.5 Å². The first-order valence-corrected chi connectivity index (χ1v) is 42.6. The van der Waals surface area contributed by atoms with Gasteiger partial charge in [0, 0.05) is 115 Å². The number of ether oxygens (including phenoxy) is 20. The molecule has 4 saturated heterocycles. The van der Waals surface area contributed by atoms with Crippen molar-refractivity contribution >= 4 is 22.3 Å². The van der Waals surface area contributed by atoms with E-state index in [2.05, 4.69) is 41.2 Å². The average molecular weight is 1890 g/mol. The topological polar surface area (TPSA) is 296 Å². The maximum absolute atomic E-state index is 18.0. The van der Waals surface area contributed by atoms with Crippen molar-refractivity contribution < 1.29 is 165 Å².